The Kier molecular flexibility index (Phi) is 9.91. The van der Waals surface area contributed by atoms with Crippen molar-refractivity contribution in [3.05, 3.63) is 34.9 Å². The van der Waals surface area contributed by atoms with E-state index in [9.17, 15) is 0 Å². The molecule has 1 unspecified atom stereocenters. The molecule has 6 nitrogen and oxygen atoms in total. The highest BCUT2D eigenvalue weighted by molar-refractivity contribution is 6.30. The maximum Gasteiger partial charge on any atom is 0.191 e. The lowest BCUT2D eigenvalue weighted by molar-refractivity contribution is 0.106. The van der Waals surface area contributed by atoms with Gasteiger partial charge in [-0.2, -0.15) is 0 Å². The molecule has 0 amide bonds. The van der Waals surface area contributed by atoms with Crippen LogP contribution in [0.25, 0.3) is 0 Å². The van der Waals surface area contributed by atoms with Gasteiger partial charge in [-0.05, 0) is 37.0 Å². The largest absolute Gasteiger partial charge is 0.385 e. The minimum atomic E-state index is -0.0788. The Labute approximate surface area is 168 Å². The quantitative estimate of drug-likeness (QED) is 0.382. The van der Waals surface area contributed by atoms with Crippen LogP contribution in [0.15, 0.2) is 29.3 Å². The minimum absolute atomic E-state index is 0.0788. The number of nitrogens with one attached hydrogen (secondary N) is 2. The summed E-state index contributed by atoms with van der Waals surface area (Å²) in [5.41, 5.74) is 1.05. The van der Waals surface area contributed by atoms with Gasteiger partial charge >= 0.3 is 0 Å². The molecule has 2 rings (SSSR count). The predicted octanol–water partition coefficient (Wildman–Crippen LogP) is 2.69. The van der Waals surface area contributed by atoms with Gasteiger partial charge in [0, 0.05) is 65.1 Å². The van der Waals surface area contributed by atoms with Crippen molar-refractivity contribution < 1.29 is 9.47 Å². The standard InChI is InChI=1S/C20H33ClN4O2/c1-22-20(23-15-19(27-3)16-6-4-7-17(21)14-16)24-18-8-11-25(12-9-18)10-5-13-26-2/h4,6-7,14,18-19H,5,8-13,15H2,1-3H3,(H2,22,23,24). The summed E-state index contributed by atoms with van der Waals surface area (Å²) < 4.78 is 10.8. The SMILES string of the molecule is CN=C(NCC(OC)c1cccc(Cl)c1)NC1CCN(CCCOC)CC1. The molecule has 2 N–H and O–H groups in total. The zero-order valence-electron chi connectivity index (χ0n) is 16.7. The summed E-state index contributed by atoms with van der Waals surface area (Å²) in [6, 6.07) is 8.22. The number of likely N-dealkylation sites (tertiary alicyclic amines) is 1. The number of aliphatic imine (C=N–C) groups is 1. The van der Waals surface area contributed by atoms with Crippen LogP contribution in [0.3, 0.4) is 0 Å². The summed E-state index contributed by atoms with van der Waals surface area (Å²) in [7, 11) is 5.27. The molecular formula is C20H33ClN4O2. The van der Waals surface area contributed by atoms with E-state index in [1.807, 2.05) is 24.3 Å². The van der Waals surface area contributed by atoms with E-state index in [4.69, 9.17) is 21.1 Å². The first-order chi connectivity index (χ1) is 13.2. The summed E-state index contributed by atoms with van der Waals surface area (Å²) in [6.07, 6.45) is 3.26. The van der Waals surface area contributed by atoms with E-state index < -0.39 is 0 Å². The van der Waals surface area contributed by atoms with Crippen molar-refractivity contribution >= 4 is 17.6 Å². The lowest BCUT2D eigenvalue weighted by atomic mass is 10.1. The molecule has 1 aliphatic heterocycles. The Morgan fingerprint density at radius 1 is 1.33 bits per heavy atom. The van der Waals surface area contributed by atoms with Crippen molar-refractivity contribution in [2.75, 3.05) is 54.1 Å². The van der Waals surface area contributed by atoms with Crippen LogP contribution >= 0.6 is 11.6 Å². The van der Waals surface area contributed by atoms with Gasteiger partial charge in [-0.25, -0.2) is 0 Å². The first-order valence-electron chi connectivity index (χ1n) is 9.63. The number of nitrogens with zero attached hydrogens (tertiary/aromatic N) is 2. The molecule has 7 heteroatoms. The highest BCUT2D eigenvalue weighted by Gasteiger charge is 2.20. The number of halogens is 1. The summed E-state index contributed by atoms with van der Waals surface area (Å²) in [5, 5.41) is 7.64. The van der Waals surface area contributed by atoms with Gasteiger partial charge < -0.3 is 25.0 Å². The lowest BCUT2D eigenvalue weighted by Crippen LogP contribution is -2.49. The third-order valence-corrected chi connectivity index (χ3v) is 5.17. The Bertz CT molecular complexity index is 577. The zero-order chi connectivity index (χ0) is 19.5. The smallest absolute Gasteiger partial charge is 0.191 e. The molecular weight excluding hydrogens is 364 g/mol. The van der Waals surface area contributed by atoms with Crippen molar-refractivity contribution in [3.8, 4) is 0 Å². The fraction of sp³-hybridized carbons (Fsp3) is 0.650. The van der Waals surface area contributed by atoms with Gasteiger partial charge in [0.05, 0.1) is 6.10 Å². The fourth-order valence-electron chi connectivity index (χ4n) is 3.35. The second-order valence-electron chi connectivity index (χ2n) is 6.84. The van der Waals surface area contributed by atoms with Gasteiger partial charge in [-0.1, -0.05) is 23.7 Å². The highest BCUT2D eigenvalue weighted by atomic mass is 35.5. The first-order valence-corrected chi connectivity index (χ1v) is 10.0. The van der Waals surface area contributed by atoms with E-state index >= 15 is 0 Å². The van der Waals surface area contributed by atoms with Crippen molar-refractivity contribution in [2.45, 2.75) is 31.4 Å². The molecule has 1 heterocycles. The molecule has 1 aliphatic rings. The molecule has 0 radical (unpaired) electrons. The first kappa shape index (κ1) is 22.0. The van der Waals surface area contributed by atoms with E-state index in [0.717, 1.165) is 57.0 Å². The Hall–Kier alpha value is -1.34. The Balaban J connectivity index is 1.76. The van der Waals surface area contributed by atoms with Crippen molar-refractivity contribution in [1.82, 2.24) is 15.5 Å². The van der Waals surface area contributed by atoms with E-state index in [-0.39, 0.29) is 6.10 Å². The van der Waals surface area contributed by atoms with Gasteiger partial charge in [0.15, 0.2) is 5.96 Å². The minimum Gasteiger partial charge on any atom is -0.385 e. The van der Waals surface area contributed by atoms with Crippen molar-refractivity contribution in [1.29, 1.82) is 0 Å². The normalized spacial score (nSPS) is 17.7. The number of benzene rings is 1. The van der Waals surface area contributed by atoms with Crippen LogP contribution in [-0.4, -0.2) is 71.0 Å². The lowest BCUT2D eigenvalue weighted by Gasteiger charge is -2.33. The summed E-state index contributed by atoms with van der Waals surface area (Å²) in [5.74, 6) is 0.817. The van der Waals surface area contributed by atoms with E-state index in [2.05, 4.69) is 20.5 Å². The molecule has 27 heavy (non-hydrogen) atoms. The second-order valence-corrected chi connectivity index (χ2v) is 7.28. The van der Waals surface area contributed by atoms with Crippen LogP contribution in [0.1, 0.15) is 30.9 Å². The maximum absolute atomic E-state index is 6.09. The van der Waals surface area contributed by atoms with Crippen LogP contribution in [0.2, 0.25) is 5.02 Å². The molecule has 0 spiro atoms. The molecule has 1 aromatic rings. The fourth-order valence-corrected chi connectivity index (χ4v) is 3.55. The van der Waals surface area contributed by atoms with Crippen LogP contribution in [0.5, 0.6) is 0 Å². The van der Waals surface area contributed by atoms with Crippen LogP contribution < -0.4 is 10.6 Å². The Morgan fingerprint density at radius 2 is 2.11 bits per heavy atom. The average Bonchev–Trinajstić information content (AvgIpc) is 2.69. The number of piperidine rings is 1. The average molecular weight is 397 g/mol. The third-order valence-electron chi connectivity index (χ3n) is 4.93. The number of ether oxygens (including phenoxy) is 2. The number of hydrogen-bond donors (Lipinski definition) is 2. The predicted molar refractivity (Wildman–Crippen MR) is 112 cm³/mol. The molecule has 1 aromatic carbocycles. The van der Waals surface area contributed by atoms with Gasteiger partial charge in [0.2, 0.25) is 0 Å². The second kappa shape index (κ2) is 12.2. The van der Waals surface area contributed by atoms with Gasteiger partial charge in [0.25, 0.3) is 0 Å². The van der Waals surface area contributed by atoms with Crippen LogP contribution in [-0.2, 0) is 9.47 Å². The number of guanidine groups is 1. The van der Waals surface area contributed by atoms with E-state index in [1.54, 1.807) is 21.3 Å². The summed E-state index contributed by atoms with van der Waals surface area (Å²) in [4.78, 5) is 6.87. The molecule has 0 bridgehead atoms. The Morgan fingerprint density at radius 3 is 2.74 bits per heavy atom. The van der Waals surface area contributed by atoms with Crippen molar-refractivity contribution in [3.63, 3.8) is 0 Å². The maximum atomic E-state index is 6.09. The monoisotopic (exact) mass is 396 g/mol. The van der Waals surface area contributed by atoms with E-state index in [1.165, 1.54) is 0 Å². The third kappa shape index (κ3) is 7.66. The van der Waals surface area contributed by atoms with Gasteiger partial charge in [-0.15, -0.1) is 0 Å². The van der Waals surface area contributed by atoms with Gasteiger partial charge in [-0.3, -0.25) is 4.99 Å². The molecule has 0 saturated carbocycles. The van der Waals surface area contributed by atoms with Crippen LogP contribution in [0.4, 0.5) is 0 Å². The number of methoxy groups -OCH3 is 2. The molecule has 1 saturated heterocycles. The summed E-state index contributed by atoms with van der Waals surface area (Å²) in [6.45, 7) is 4.81. The zero-order valence-corrected chi connectivity index (χ0v) is 17.5. The van der Waals surface area contributed by atoms with Gasteiger partial charge in [0.1, 0.15) is 0 Å². The number of rotatable bonds is 9. The van der Waals surface area contributed by atoms with E-state index in [0.29, 0.717) is 17.6 Å². The summed E-state index contributed by atoms with van der Waals surface area (Å²) >= 11 is 6.09. The molecule has 0 aromatic heterocycles. The van der Waals surface area contributed by atoms with Crippen molar-refractivity contribution in [2.24, 2.45) is 4.99 Å². The molecule has 152 valence electrons. The molecule has 1 atom stereocenters. The molecule has 1 fully saturated rings. The highest BCUT2D eigenvalue weighted by Crippen LogP contribution is 2.19. The van der Waals surface area contributed by atoms with Crippen LogP contribution in [0, 0.1) is 0 Å². The topological polar surface area (TPSA) is 58.1 Å². The molecule has 0 aliphatic carbocycles. The number of hydrogen-bond acceptors (Lipinski definition) is 4.